The zero-order valence-electron chi connectivity index (χ0n) is 10.6. The lowest BCUT2D eigenvalue weighted by Gasteiger charge is -2.23. The van der Waals surface area contributed by atoms with E-state index in [-0.39, 0.29) is 17.5 Å². The first-order valence-electron chi connectivity index (χ1n) is 6.54. The van der Waals surface area contributed by atoms with Crippen molar-refractivity contribution in [2.75, 3.05) is 5.32 Å². The van der Waals surface area contributed by atoms with Crippen molar-refractivity contribution >= 4 is 17.6 Å². The van der Waals surface area contributed by atoms with Gasteiger partial charge in [-0.1, -0.05) is 24.3 Å². The zero-order chi connectivity index (χ0) is 14.3. The Kier molecular flexibility index (Phi) is 3.04. The van der Waals surface area contributed by atoms with Gasteiger partial charge in [-0.15, -0.1) is 0 Å². The Morgan fingerprint density at radius 3 is 2.45 bits per heavy atom. The van der Waals surface area contributed by atoms with Crippen molar-refractivity contribution in [2.24, 2.45) is 23.7 Å². The van der Waals surface area contributed by atoms with Crippen molar-refractivity contribution in [3.8, 4) is 0 Å². The van der Waals surface area contributed by atoms with E-state index in [2.05, 4.69) is 5.32 Å². The first-order valence-corrected chi connectivity index (χ1v) is 6.54. The van der Waals surface area contributed by atoms with Crippen LogP contribution in [0.25, 0.3) is 0 Å². The summed E-state index contributed by atoms with van der Waals surface area (Å²) in [5.74, 6) is -3.39. The molecule has 1 amide bonds. The summed E-state index contributed by atoms with van der Waals surface area (Å²) >= 11 is 0. The molecular formula is C15H14FNO3. The summed E-state index contributed by atoms with van der Waals surface area (Å²) < 4.78 is 13.5. The highest BCUT2D eigenvalue weighted by Crippen LogP contribution is 2.48. The fraction of sp³-hybridized carbons (Fsp3) is 0.333. The van der Waals surface area contributed by atoms with Gasteiger partial charge in [0.2, 0.25) is 5.91 Å². The maximum Gasteiger partial charge on any atom is 0.307 e. The third-order valence-electron chi connectivity index (χ3n) is 4.18. The molecule has 0 spiro atoms. The second kappa shape index (κ2) is 4.74. The van der Waals surface area contributed by atoms with Gasteiger partial charge in [-0.2, -0.15) is 0 Å². The minimum Gasteiger partial charge on any atom is -0.481 e. The summed E-state index contributed by atoms with van der Waals surface area (Å²) in [6.45, 7) is 0. The number of carboxylic acids is 1. The van der Waals surface area contributed by atoms with Crippen LogP contribution in [0.2, 0.25) is 0 Å². The summed E-state index contributed by atoms with van der Waals surface area (Å²) in [6, 6.07) is 5.87. The minimum atomic E-state index is -0.962. The average molecular weight is 275 g/mol. The van der Waals surface area contributed by atoms with Crippen molar-refractivity contribution in [2.45, 2.75) is 6.42 Å². The molecule has 0 saturated heterocycles. The van der Waals surface area contributed by atoms with Crippen molar-refractivity contribution in [3.63, 3.8) is 0 Å². The lowest BCUT2D eigenvalue weighted by Crippen LogP contribution is -2.36. The van der Waals surface area contributed by atoms with Crippen LogP contribution < -0.4 is 5.32 Å². The van der Waals surface area contributed by atoms with E-state index >= 15 is 0 Å². The maximum atomic E-state index is 13.5. The number of aliphatic carboxylic acids is 1. The summed E-state index contributed by atoms with van der Waals surface area (Å²) in [4.78, 5) is 23.6. The summed E-state index contributed by atoms with van der Waals surface area (Å²) in [6.07, 6.45) is 4.46. The van der Waals surface area contributed by atoms with Crippen LogP contribution in [0.15, 0.2) is 36.4 Å². The van der Waals surface area contributed by atoms with E-state index in [9.17, 15) is 19.1 Å². The number of carbonyl (C=O) groups excluding carboxylic acids is 1. The van der Waals surface area contributed by atoms with Crippen molar-refractivity contribution < 1.29 is 19.1 Å². The average Bonchev–Trinajstić information content (AvgIpc) is 3.01. The molecule has 1 aromatic rings. The molecule has 0 radical (unpaired) electrons. The number of hydrogen-bond donors (Lipinski definition) is 2. The van der Waals surface area contributed by atoms with E-state index in [1.54, 1.807) is 6.07 Å². The van der Waals surface area contributed by atoms with Crippen LogP contribution in [0.3, 0.4) is 0 Å². The number of rotatable bonds is 3. The van der Waals surface area contributed by atoms with Crippen LogP contribution in [0.5, 0.6) is 0 Å². The number of carboxylic acid groups (broad SMARTS) is 1. The number of fused-ring (bicyclic) bond motifs is 2. The molecular weight excluding hydrogens is 261 g/mol. The molecule has 4 atom stereocenters. The normalized spacial score (nSPS) is 30.4. The van der Waals surface area contributed by atoms with E-state index in [1.165, 1.54) is 18.2 Å². The number of amides is 1. The van der Waals surface area contributed by atoms with Gasteiger partial charge < -0.3 is 10.4 Å². The van der Waals surface area contributed by atoms with Gasteiger partial charge in [-0.3, -0.25) is 9.59 Å². The fourth-order valence-corrected chi connectivity index (χ4v) is 3.29. The molecule has 5 heteroatoms. The molecule has 104 valence electrons. The molecule has 2 N–H and O–H groups in total. The Morgan fingerprint density at radius 1 is 1.15 bits per heavy atom. The van der Waals surface area contributed by atoms with Crippen LogP contribution in [-0.4, -0.2) is 17.0 Å². The SMILES string of the molecule is O=C(O)[C@@H]1[C@H](C(=O)Nc2ccccc2F)[C@H]2C=C[C@H]1C2. The first kappa shape index (κ1) is 12.8. The van der Waals surface area contributed by atoms with Gasteiger partial charge in [-0.25, -0.2) is 4.39 Å². The van der Waals surface area contributed by atoms with Gasteiger partial charge in [0.05, 0.1) is 17.5 Å². The van der Waals surface area contributed by atoms with Crippen molar-refractivity contribution in [1.29, 1.82) is 0 Å². The van der Waals surface area contributed by atoms with E-state index in [4.69, 9.17) is 0 Å². The number of anilines is 1. The van der Waals surface area contributed by atoms with E-state index in [0.29, 0.717) is 6.42 Å². The summed E-state index contributed by atoms with van der Waals surface area (Å²) in [5, 5.41) is 11.8. The van der Waals surface area contributed by atoms with Gasteiger partial charge in [0, 0.05) is 0 Å². The molecule has 0 heterocycles. The van der Waals surface area contributed by atoms with E-state index < -0.39 is 29.5 Å². The van der Waals surface area contributed by atoms with E-state index in [0.717, 1.165) is 0 Å². The molecule has 0 unspecified atom stereocenters. The number of allylic oxidation sites excluding steroid dienone is 2. The molecule has 2 aliphatic carbocycles. The molecule has 1 saturated carbocycles. The Balaban J connectivity index is 1.82. The molecule has 2 aliphatic rings. The predicted octanol–water partition coefficient (Wildman–Crippen LogP) is 2.29. The smallest absolute Gasteiger partial charge is 0.307 e. The Morgan fingerprint density at radius 2 is 1.80 bits per heavy atom. The number of carbonyl (C=O) groups is 2. The van der Waals surface area contributed by atoms with E-state index in [1.807, 2.05) is 12.2 Å². The third-order valence-corrected chi connectivity index (χ3v) is 4.18. The topological polar surface area (TPSA) is 66.4 Å². The first-order chi connectivity index (χ1) is 9.58. The zero-order valence-corrected chi connectivity index (χ0v) is 10.6. The molecule has 0 aromatic heterocycles. The molecule has 1 aromatic carbocycles. The number of para-hydroxylation sites is 1. The number of nitrogens with one attached hydrogen (secondary N) is 1. The Hall–Kier alpha value is -2.17. The second-order valence-corrected chi connectivity index (χ2v) is 5.31. The molecule has 20 heavy (non-hydrogen) atoms. The highest BCUT2D eigenvalue weighted by molar-refractivity contribution is 5.96. The maximum absolute atomic E-state index is 13.5. The van der Waals surface area contributed by atoms with Gasteiger partial charge in [-0.05, 0) is 30.4 Å². The van der Waals surface area contributed by atoms with Crippen LogP contribution in [-0.2, 0) is 9.59 Å². The van der Waals surface area contributed by atoms with Gasteiger partial charge in [0.15, 0.2) is 0 Å². The monoisotopic (exact) mass is 275 g/mol. The van der Waals surface area contributed by atoms with Gasteiger partial charge in [0.1, 0.15) is 5.82 Å². The van der Waals surface area contributed by atoms with Gasteiger partial charge >= 0.3 is 5.97 Å². The lowest BCUT2D eigenvalue weighted by molar-refractivity contribution is -0.146. The molecule has 2 bridgehead atoms. The molecule has 4 nitrogen and oxygen atoms in total. The standard InChI is InChI=1S/C15H14FNO3/c16-10-3-1-2-4-11(10)17-14(18)12-8-5-6-9(7-8)13(12)15(19)20/h1-6,8-9,12-13H,7H2,(H,17,18)(H,19,20)/t8-,9-,12+,13-/m0/s1. The number of hydrogen-bond acceptors (Lipinski definition) is 2. The predicted molar refractivity (Wildman–Crippen MR) is 70.4 cm³/mol. The highest BCUT2D eigenvalue weighted by atomic mass is 19.1. The molecule has 3 rings (SSSR count). The second-order valence-electron chi connectivity index (χ2n) is 5.31. The van der Waals surface area contributed by atoms with Crippen LogP contribution in [0.4, 0.5) is 10.1 Å². The lowest BCUT2D eigenvalue weighted by atomic mass is 9.82. The van der Waals surface area contributed by atoms with Crippen molar-refractivity contribution in [1.82, 2.24) is 0 Å². The van der Waals surface area contributed by atoms with Crippen molar-refractivity contribution in [3.05, 3.63) is 42.2 Å². The Bertz CT molecular complexity index is 599. The van der Waals surface area contributed by atoms with Gasteiger partial charge in [0.25, 0.3) is 0 Å². The quantitative estimate of drug-likeness (QED) is 0.832. The molecule has 0 aliphatic heterocycles. The molecule has 1 fully saturated rings. The largest absolute Gasteiger partial charge is 0.481 e. The fourth-order valence-electron chi connectivity index (χ4n) is 3.29. The van der Waals surface area contributed by atoms with Crippen LogP contribution in [0.1, 0.15) is 6.42 Å². The summed E-state index contributed by atoms with van der Waals surface area (Å²) in [5.41, 5.74) is 0.0911. The highest BCUT2D eigenvalue weighted by Gasteiger charge is 2.51. The summed E-state index contributed by atoms with van der Waals surface area (Å²) in [7, 11) is 0. The third kappa shape index (κ3) is 1.99. The Labute approximate surface area is 115 Å². The van der Waals surface area contributed by atoms with Crippen LogP contribution >= 0.6 is 0 Å². The number of benzene rings is 1. The van der Waals surface area contributed by atoms with Crippen LogP contribution in [0, 0.1) is 29.5 Å². The minimum absolute atomic E-state index is 0.0622. The number of halogens is 1.